The molecule has 0 aliphatic rings. The molecule has 0 aromatic heterocycles. The van der Waals surface area contributed by atoms with Gasteiger partial charge in [-0.2, -0.15) is 13.2 Å². The molecule has 122 valence electrons. The fourth-order valence-electron chi connectivity index (χ4n) is 2.21. The van der Waals surface area contributed by atoms with Crippen LogP contribution in [0.3, 0.4) is 0 Å². The lowest BCUT2D eigenvalue weighted by molar-refractivity contribution is -0.138. The molecule has 0 saturated heterocycles. The van der Waals surface area contributed by atoms with E-state index in [1.54, 1.807) is 24.3 Å². The number of methoxy groups -OCH3 is 1. The normalized spacial score (nSPS) is 11.3. The minimum absolute atomic E-state index is 0.0554. The summed E-state index contributed by atoms with van der Waals surface area (Å²) in [5.41, 5.74) is 5.34. The van der Waals surface area contributed by atoms with Crippen LogP contribution in [-0.2, 0) is 17.3 Å². The molecule has 0 spiro atoms. The van der Waals surface area contributed by atoms with Crippen LogP contribution >= 0.6 is 11.6 Å². The van der Waals surface area contributed by atoms with E-state index in [1.165, 1.54) is 6.07 Å². The monoisotopic (exact) mass is 343 g/mol. The summed E-state index contributed by atoms with van der Waals surface area (Å²) in [5, 5.41) is -0.150. The Morgan fingerprint density at radius 2 is 1.96 bits per heavy atom. The van der Waals surface area contributed by atoms with Crippen LogP contribution < -0.4 is 5.73 Å². The molecule has 0 saturated carbocycles. The third-order valence-electron chi connectivity index (χ3n) is 3.25. The van der Waals surface area contributed by atoms with Crippen LogP contribution in [0, 0.1) is 0 Å². The molecule has 0 heterocycles. The number of rotatable bonds is 3. The van der Waals surface area contributed by atoms with Crippen LogP contribution in [0.2, 0.25) is 5.02 Å². The van der Waals surface area contributed by atoms with Crippen LogP contribution in [0.1, 0.15) is 27.0 Å². The van der Waals surface area contributed by atoms with Gasteiger partial charge in [-0.25, -0.2) is 4.79 Å². The lowest BCUT2D eigenvalue weighted by Gasteiger charge is -2.16. The quantitative estimate of drug-likeness (QED) is 0.667. The highest BCUT2D eigenvalue weighted by Gasteiger charge is 2.35. The van der Waals surface area contributed by atoms with Gasteiger partial charge < -0.3 is 10.5 Å². The van der Waals surface area contributed by atoms with Crippen LogP contribution in [0.5, 0.6) is 0 Å². The molecule has 2 N–H and O–H groups in total. The molecule has 0 atom stereocenters. The summed E-state index contributed by atoms with van der Waals surface area (Å²) in [4.78, 5) is 11.5. The number of carbonyl (C=O) groups excluding carboxylic acids is 1. The second kappa shape index (κ2) is 6.50. The number of alkyl halides is 3. The van der Waals surface area contributed by atoms with Crippen LogP contribution in [-0.4, -0.2) is 13.1 Å². The van der Waals surface area contributed by atoms with E-state index in [1.807, 2.05) is 0 Å². The molecule has 2 aromatic carbocycles. The van der Waals surface area contributed by atoms with Crippen molar-refractivity contribution in [3.63, 3.8) is 0 Å². The Bertz CT molecular complexity index is 745. The summed E-state index contributed by atoms with van der Waals surface area (Å²) >= 11 is 5.99. The molecule has 0 aliphatic heterocycles. The largest absolute Gasteiger partial charge is 0.465 e. The van der Waals surface area contributed by atoms with Gasteiger partial charge in [-0.05, 0) is 41.8 Å². The zero-order valence-electron chi connectivity index (χ0n) is 12.1. The first kappa shape index (κ1) is 17.1. The van der Waals surface area contributed by atoms with E-state index in [9.17, 15) is 18.0 Å². The lowest BCUT2D eigenvalue weighted by atomic mass is 9.97. The number of benzene rings is 2. The van der Waals surface area contributed by atoms with Gasteiger partial charge in [0.25, 0.3) is 0 Å². The number of nitrogen functional groups attached to an aromatic ring is 1. The molecule has 0 fully saturated rings. The topological polar surface area (TPSA) is 52.3 Å². The summed E-state index contributed by atoms with van der Waals surface area (Å²) in [6, 6.07) is 8.43. The van der Waals surface area contributed by atoms with Crippen LogP contribution in [0.25, 0.3) is 0 Å². The first-order valence-electron chi connectivity index (χ1n) is 6.54. The number of carbonyl (C=O) groups is 1. The number of hydrogen-bond acceptors (Lipinski definition) is 3. The maximum Gasteiger partial charge on any atom is 0.416 e. The Balaban J connectivity index is 2.55. The smallest absolute Gasteiger partial charge is 0.416 e. The highest BCUT2D eigenvalue weighted by Crippen LogP contribution is 2.37. The van der Waals surface area contributed by atoms with E-state index in [2.05, 4.69) is 4.74 Å². The van der Waals surface area contributed by atoms with Gasteiger partial charge in [0.05, 0.1) is 18.2 Å². The van der Waals surface area contributed by atoms with Crippen molar-refractivity contribution < 1.29 is 22.7 Å². The first-order chi connectivity index (χ1) is 10.7. The van der Waals surface area contributed by atoms with Gasteiger partial charge >= 0.3 is 12.1 Å². The molecule has 2 aromatic rings. The molecule has 2 rings (SSSR count). The van der Waals surface area contributed by atoms with Gasteiger partial charge in [0.1, 0.15) is 0 Å². The van der Waals surface area contributed by atoms with Gasteiger partial charge in [-0.15, -0.1) is 0 Å². The van der Waals surface area contributed by atoms with E-state index in [-0.39, 0.29) is 22.6 Å². The van der Waals surface area contributed by atoms with Crippen molar-refractivity contribution in [2.75, 3.05) is 12.8 Å². The standard InChI is InChI=1S/C16H13ClF3NO2/c1-23-15(22)10-7-13(16(18,19)20)12(14(17)8-10)6-9-3-2-4-11(21)5-9/h2-5,7-8H,6,21H2,1H3. The molecule has 0 amide bonds. The summed E-state index contributed by atoms with van der Waals surface area (Å²) < 4.78 is 44.4. The van der Waals surface area contributed by atoms with Crippen molar-refractivity contribution in [2.24, 2.45) is 0 Å². The number of ether oxygens (including phenoxy) is 1. The minimum Gasteiger partial charge on any atom is -0.465 e. The number of hydrogen-bond donors (Lipinski definition) is 1. The third kappa shape index (κ3) is 3.96. The molecule has 3 nitrogen and oxygen atoms in total. The number of anilines is 1. The van der Waals surface area contributed by atoms with Gasteiger partial charge in [0.15, 0.2) is 0 Å². The predicted molar refractivity (Wildman–Crippen MR) is 81.5 cm³/mol. The molecule has 0 aliphatic carbocycles. The molecule has 23 heavy (non-hydrogen) atoms. The zero-order chi connectivity index (χ0) is 17.2. The summed E-state index contributed by atoms with van der Waals surface area (Å²) in [6.07, 6.45) is -4.70. The Kier molecular flexibility index (Phi) is 4.85. The highest BCUT2D eigenvalue weighted by atomic mass is 35.5. The Labute approximate surface area is 135 Å². The molecular formula is C16H13ClF3NO2. The van der Waals surface area contributed by atoms with E-state index >= 15 is 0 Å². The predicted octanol–water partition coefficient (Wildman–Crippen LogP) is 4.32. The molecule has 7 heteroatoms. The second-order valence-corrected chi connectivity index (χ2v) is 5.30. The average molecular weight is 344 g/mol. The van der Waals surface area contributed by atoms with Gasteiger partial charge in [-0.3, -0.25) is 0 Å². The number of nitrogens with two attached hydrogens (primary N) is 1. The van der Waals surface area contributed by atoms with Crippen molar-refractivity contribution in [2.45, 2.75) is 12.6 Å². The van der Waals surface area contributed by atoms with Crippen LogP contribution in [0.15, 0.2) is 36.4 Å². The van der Waals surface area contributed by atoms with Gasteiger partial charge in [-0.1, -0.05) is 23.7 Å². The fraction of sp³-hybridized carbons (Fsp3) is 0.188. The van der Waals surface area contributed by atoms with Crippen molar-refractivity contribution in [1.29, 1.82) is 0 Å². The Morgan fingerprint density at radius 3 is 2.52 bits per heavy atom. The van der Waals surface area contributed by atoms with E-state index < -0.39 is 17.7 Å². The van der Waals surface area contributed by atoms with Gasteiger partial charge in [0.2, 0.25) is 0 Å². The van der Waals surface area contributed by atoms with E-state index in [0.29, 0.717) is 11.3 Å². The van der Waals surface area contributed by atoms with Crippen molar-refractivity contribution in [1.82, 2.24) is 0 Å². The number of esters is 1. The molecule has 0 unspecified atom stereocenters. The van der Waals surface area contributed by atoms with E-state index in [0.717, 1.165) is 13.2 Å². The van der Waals surface area contributed by atoms with Gasteiger partial charge in [0, 0.05) is 10.7 Å². The SMILES string of the molecule is COC(=O)c1cc(Cl)c(Cc2cccc(N)c2)c(C(F)(F)F)c1. The third-order valence-corrected chi connectivity index (χ3v) is 3.59. The maximum absolute atomic E-state index is 13.3. The average Bonchev–Trinajstić information content (AvgIpc) is 2.47. The first-order valence-corrected chi connectivity index (χ1v) is 6.92. The summed E-state index contributed by atoms with van der Waals surface area (Å²) in [6.45, 7) is 0. The second-order valence-electron chi connectivity index (χ2n) is 4.90. The molecular weight excluding hydrogens is 331 g/mol. The fourth-order valence-corrected chi connectivity index (χ4v) is 2.50. The summed E-state index contributed by atoms with van der Waals surface area (Å²) in [7, 11) is 1.09. The highest BCUT2D eigenvalue weighted by molar-refractivity contribution is 6.31. The maximum atomic E-state index is 13.3. The van der Waals surface area contributed by atoms with Crippen molar-refractivity contribution in [3.8, 4) is 0 Å². The Morgan fingerprint density at radius 1 is 1.26 bits per heavy atom. The van der Waals surface area contributed by atoms with E-state index in [4.69, 9.17) is 17.3 Å². The Hall–Kier alpha value is -2.21. The molecule has 0 radical (unpaired) electrons. The minimum atomic E-state index is -4.65. The number of halogens is 4. The van der Waals surface area contributed by atoms with Crippen LogP contribution in [0.4, 0.5) is 18.9 Å². The zero-order valence-corrected chi connectivity index (χ0v) is 12.8. The van der Waals surface area contributed by atoms with Crippen molar-refractivity contribution >= 4 is 23.3 Å². The lowest BCUT2D eigenvalue weighted by Crippen LogP contribution is -2.13. The molecule has 0 bridgehead atoms. The van der Waals surface area contributed by atoms with Crippen molar-refractivity contribution in [3.05, 3.63) is 63.7 Å². The summed E-state index contributed by atoms with van der Waals surface area (Å²) in [5.74, 6) is -0.882.